The van der Waals surface area contributed by atoms with Gasteiger partial charge in [0.1, 0.15) is 0 Å². The Hall–Kier alpha value is -3.19. The summed E-state index contributed by atoms with van der Waals surface area (Å²) in [5, 5.41) is 14.8. The molecule has 2 aliphatic heterocycles. The van der Waals surface area contributed by atoms with E-state index < -0.39 is 0 Å². The number of carbonyl (C=O) groups is 1. The quantitative estimate of drug-likeness (QED) is 0.502. The van der Waals surface area contributed by atoms with Crippen LogP contribution in [0.5, 0.6) is 0 Å². The number of nitrogens with one attached hydrogen (secondary N) is 3. The molecule has 1 fully saturated rings. The summed E-state index contributed by atoms with van der Waals surface area (Å²) in [6.07, 6.45) is 2.44. The number of piperidine rings is 1. The number of carbonyl (C=O) groups excluding carboxylic acids is 1. The molecule has 0 spiro atoms. The van der Waals surface area contributed by atoms with Gasteiger partial charge in [0.05, 0.1) is 6.04 Å². The number of amides is 1. The minimum atomic E-state index is -0.00602. The van der Waals surface area contributed by atoms with Crippen molar-refractivity contribution < 1.29 is 4.79 Å². The molecule has 3 heterocycles. The van der Waals surface area contributed by atoms with Crippen molar-refractivity contribution in [3.63, 3.8) is 0 Å². The number of hydrogen-bond donors (Lipinski definition) is 3. The van der Waals surface area contributed by atoms with Crippen molar-refractivity contribution in [2.24, 2.45) is 0 Å². The minimum Gasteiger partial charge on any atom is -0.345 e. The van der Waals surface area contributed by atoms with Crippen molar-refractivity contribution >= 4 is 17.5 Å². The summed E-state index contributed by atoms with van der Waals surface area (Å²) >= 11 is 0. The van der Waals surface area contributed by atoms with E-state index in [-0.39, 0.29) is 11.9 Å². The highest BCUT2D eigenvalue weighted by Crippen LogP contribution is 2.33. The van der Waals surface area contributed by atoms with Crippen molar-refractivity contribution in [3.05, 3.63) is 58.1 Å². The average molecular weight is 459 g/mol. The minimum absolute atomic E-state index is 0.00602. The number of hydrogen-bond acceptors (Lipinski definition) is 5. The lowest BCUT2D eigenvalue weighted by Crippen LogP contribution is -2.35. The van der Waals surface area contributed by atoms with Crippen LogP contribution in [-0.4, -0.2) is 33.3 Å². The molecule has 3 N–H and O–H groups in total. The topological polar surface area (TPSA) is 83.9 Å². The Bertz CT molecular complexity index is 1240. The Balaban J connectivity index is 1.42. The van der Waals surface area contributed by atoms with Gasteiger partial charge in [-0.25, -0.2) is 4.68 Å². The summed E-state index contributed by atoms with van der Waals surface area (Å²) < 4.78 is 1.89. The van der Waals surface area contributed by atoms with Gasteiger partial charge in [0, 0.05) is 35.9 Å². The average Bonchev–Trinajstić information content (AvgIpc) is 3.35. The van der Waals surface area contributed by atoms with Crippen molar-refractivity contribution in [3.8, 4) is 11.4 Å². The first-order chi connectivity index (χ1) is 16.3. The second-order valence-electron chi connectivity index (χ2n) is 9.80. The molecule has 1 amide bonds. The Kier molecular flexibility index (Phi) is 5.90. The van der Waals surface area contributed by atoms with Gasteiger partial charge in [-0.15, -0.1) is 5.10 Å². The van der Waals surface area contributed by atoms with Crippen LogP contribution in [-0.2, 0) is 6.54 Å². The van der Waals surface area contributed by atoms with Crippen LogP contribution in [0.3, 0.4) is 0 Å². The summed E-state index contributed by atoms with van der Waals surface area (Å²) in [7, 11) is 0. The molecular weight excluding hydrogens is 424 g/mol. The molecule has 2 aliphatic rings. The van der Waals surface area contributed by atoms with Gasteiger partial charge in [0.2, 0.25) is 5.95 Å². The molecule has 0 radical (unpaired) electrons. The molecule has 34 heavy (non-hydrogen) atoms. The molecule has 1 aromatic heterocycles. The van der Waals surface area contributed by atoms with Gasteiger partial charge in [-0.1, -0.05) is 12.1 Å². The third-order valence-corrected chi connectivity index (χ3v) is 7.30. The highest BCUT2D eigenvalue weighted by molar-refractivity contribution is 6.00. The fourth-order valence-corrected chi connectivity index (χ4v) is 5.20. The summed E-state index contributed by atoms with van der Waals surface area (Å²) in [5.74, 6) is 1.99. The standard InChI is InChI=1S/C27H34N6O/c1-6-33-27(30-24-13-22-18(5)29-26(34)23(22)12-16(24)3)31-25(32-33)19-9-10-21(15(2)11-19)20-8-7-17(4)28-14-20/h9-13,17-18,20,28H,6-8,14H2,1-5H3,(H,29,34)(H,30,31,32). The number of anilines is 2. The summed E-state index contributed by atoms with van der Waals surface area (Å²) in [6.45, 7) is 12.3. The zero-order chi connectivity index (χ0) is 24.0. The van der Waals surface area contributed by atoms with Crippen LogP contribution in [0.15, 0.2) is 30.3 Å². The number of fused-ring (bicyclic) bond motifs is 1. The van der Waals surface area contributed by atoms with E-state index in [2.05, 4.69) is 61.0 Å². The van der Waals surface area contributed by atoms with Crippen LogP contribution in [0, 0.1) is 13.8 Å². The molecule has 178 valence electrons. The first-order valence-corrected chi connectivity index (χ1v) is 12.4. The van der Waals surface area contributed by atoms with E-state index >= 15 is 0 Å². The number of aryl methyl sites for hydroxylation is 3. The van der Waals surface area contributed by atoms with Crippen LogP contribution in [0.1, 0.15) is 78.2 Å². The molecule has 7 heteroatoms. The van der Waals surface area contributed by atoms with Crippen LogP contribution >= 0.6 is 0 Å². The van der Waals surface area contributed by atoms with Gasteiger partial charge in [0.25, 0.3) is 5.91 Å². The number of benzene rings is 2. The normalized spacial score (nSPS) is 21.9. The zero-order valence-electron chi connectivity index (χ0n) is 20.7. The predicted octanol–water partition coefficient (Wildman–Crippen LogP) is 4.99. The lowest BCUT2D eigenvalue weighted by Gasteiger charge is -2.29. The third-order valence-electron chi connectivity index (χ3n) is 7.30. The summed E-state index contributed by atoms with van der Waals surface area (Å²) in [6, 6.07) is 11.2. The Morgan fingerprint density at radius 2 is 1.91 bits per heavy atom. The molecule has 0 aliphatic carbocycles. The summed E-state index contributed by atoms with van der Waals surface area (Å²) in [5.41, 5.74) is 7.46. The van der Waals surface area contributed by atoms with Crippen molar-refractivity contribution in [2.45, 2.75) is 72.0 Å². The third kappa shape index (κ3) is 4.09. The molecule has 5 rings (SSSR count). The van der Waals surface area contributed by atoms with E-state index in [1.807, 2.05) is 24.6 Å². The van der Waals surface area contributed by atoms with Gasteiger partial charge in [-0.2, -0.15) is 4.98 Å². The van der Waals surface area contributed by atoms with Gasteiger partial charge in [-0.05, 0) is 93.8 Å². The van der Waals surface area contributed by atoms with Crippen LogP contribution in [0.25, 0.3) is 11.4 Å². The molecule has 7 nitrogen and oxygen atoms in total. The van der Waals surface area contributed by atoms with Crippen molar-refractivity contribution in [1.82, 2.24) is 25.4 Å². The predicted molar refractivity (Wildman–Crippen MR) is 136 cm³/mol. The molecule has 1 saturated heterocycles. The fourth-order valence-electron chi connectivity index (χ4n) is 5.20. The maximum absolute atomic E-state index is 12.2. The molecule has 0 saturated carbocycles. The van der Waals surface area contributed by atoms with Gasteiger partial charge in [0.15, 0.2) is 5.82 Å². The number of aromatic nitrogens is 3. The number of rotatable bonds is 5. The van der Waals surface area contributed by atoms with E-state index in [1.54, 1.807) is 0 Å². The second kappa shape index (κ2) is 8.87. The van der Waals surface area contributed by atoms with Crippen molar-refractivity contribution in [2.75, 3.05) is 11.9 Å². The molecule has 3 atom stereocenters. The SMILES string of the molecule is CCn1nc(-c2ccc(C3CCC(C)NC3)c(C)c2)nc1Nc1cc2c(cc1C)C(=O)NC2C. The lowest BCUT2D eigenvalue weighted by molar-refractivity contribution is 0.0958. The zero-order valence-corrected chi connectivity index (χ0v) is 20.7. The molecule has 0 bridgehead atoms. The highest BCUT2D eigenvalue weighted by Gasteiger charge is 2.27. The molecule has 3 unspecified atom stereocenters. The second-order valence-corrected chi connectivity index (χ2v) is 9.80. The monoisotopic (exact) mass is 458 g/mol. The molecule has 2 aromatic carbocycles. The smallest absolute Gasteiger partial charge is 0.252 e. The van der Waals surface area contributed by atoms with Gasteiger partial charge >= 0.3 is 0 Å². The van der Waals surface area contributed by atoms with Crippen LogP contribution in [0.4, 0.5) is 11.6 Å². The van der Waals surface area contributed by atoms with Gasteiger partial charge < -0.3 is 16.0 Å². The maximum atomic E-state index is 12.2. The van der Waals surface area contributed by atoms with E-state index in [4.69, 9.17) is 10.1 Å². The number of nitrogens with zero attached hydrogens (tertiary/aromatic N) is 3. The lowest BCUT2D eigenvalue weighted by atomic mass is 9.86. The molecule has 3 aromatic rings. The first kappa shape index (κ1) is 22.6. The van der Waals surface area contributed by atoms with Crippen LogP contribution in [0.2, 0.25) is 0 Å². The highest BCUT2D eigenvalue weighted by atomic mass is 16.2. The van der Waals surface area contributed by atoms with E-state index in [9.17, 15) is 4.79 Å². The first-order valence-electron chi connectivity index (χ1n) is 12.4. The largest absolute Gasteiger partial charge is 0.345 e. The Morgan fingerprint density at radius 3 is 2.62 bits per heavy atom. The summed E-state index contributed by atoms with van der Waals surface area (Å²) in [4.78, 5) is 17.0. The van der Waals surface area contributed by atoms with E-state index in [0.29, 0.717) is 24.5 Å². The van der Waals surface area contributed by atoms with E-state index in [1.165, 1.54) is 24.0 Å². The molecular formula is C27H34N6O. The van der Waals surface area contributed by atoms with Crippen LogP contribution < -0.4 is 16.0 Å². The fraction of sp³-hybridized carbons (Fsp3) is 0.444. The van der Waals surface area contributed by atoms with E-state index in [0.717, 1.165) is 40.3 Å². The van der Waals surface area contributed by atoms with Gasteiger partial charge in [-0.3, -0.25) is 4.79 Å². The Morgan fingerprint density at radius 1 is 1.09 bits per heavy atom. The maximum Gasteiger partial charge on any atom is 0.252 e. The van der Waals surface area contributed by atoms with Crippen molar-refractivity contribution in [1.29, 1.82) is 0 Å². The Labute approximate surface area is 201 Å².